The molecule has 1 N–H and O–H groups in total. The van der Waals surface area contributed by atoms with E-state index in [0.29, 0.717) is 28.5 Å². The second kappa shape index (κ2) is 4.34. The van der Waals surface area contributed by atoms with Crippen molar-refractivity contribution >= 4 is 21.8 Å². The van der Waals surface area contributed by atoms with E-state index in [2.05, 4.69) is 45.5 Å². The summed E-state index contributed by atoms with van der Waals surface area (Å²) in [5.74, 6) is 2.01. The Morgan fingerprint density at radius 2 is 1.95 bits per heavy atom. The number of amides is 1. The molecule has 4 unspecified atom stereocenters. The minimum atomic E-state index is 0.157. The zero-order chi connectivity index (χ0) is 13.0. The molecule has 2 fully saturated rings. The monoisotopic (exact) mass is 319 g/mol. The molecule has 2 nitrogen and oxygen atoms in total. The Hall–Kier alpha value is -0.830. The highest BCUT2D eigenvalue weighted by Crippen LogP contribution is 2.57. The van der Waals surface area contributed by atoms with E-state index >= 15 is 0 Å². The van der Waals surface area contributed by atoms with Crippen LogP contribution in [0.1, 0.15) is 36.4 Å². The lowest BCUT2D eigenvalue weighted by Crippen LogP contribution is -2.33. The van der Waals surface area contributed by atoms with Crippen molar-refractivity contribution in [3.8, 4) is 0 Å². The lowest BCUT2D eigenvalue weighted by atomic mass is 10.1. The van der Waals surface area contributed by atoms with Crippen molar-refractivity contribution in [2.24, 2.45) is 17.8 Å². The Kier molecular flexibility index (Phi) is 2.73. The fraction of sp³-hybridized carbons (Fsp3) is 0.562. The van der Waals surface area contributed by atoms with Gasteiger partial charge in [0.15, 0.2) is 0 Å². The largest absolute Gasteiger partial charge is 0.348 e. The Morgan fingerprint density at radius 1 is 1.21 bits per heavy atom. The van der Waals surface area contributed by atoms with E-state index in [-0.39, 0.29) is 6.04 Å². The van der Waals surface area contributed by atoms with E-state index in [1.54, 1.807) is 0 Å². The molecule has 0 saturated heterocycles. The predicted octanol–water partition coefficient (Wildman–Crippen LogP) is 3.21. The van der Waals surface area contributed by atoms with Crippen LogP contribution in [-0.4, -0.2) is 10.7 Å². The first kappa shape index (κ1) is 12.0. The Bertz CT molecular complexity index is 519. The van der Waals surface area contributed by atoms with Crippen LogP contribution in [0.5, 0.6) is 0 Å². The molecular formula is C16H18BrNO. The molecule has 4 atom stereocenters. The Balaban J connectivity index is 1.50. The number of carbonyl (C=O) groups is 1. The van der Waals surface area contributed by atoms with E-state index < -0.39 is 0 Å². The van der Waals surface area contributed by atoms with Gasteiger partial charge in [-0.3, -0.25) is 4.79 Å². The van der Waals surface area contributed by atoms with Gasteiger partial charge in [0, 0.05) is 10.7 Å². The van der Waals surface area contributed by atoms with Crippen LogP contribution in [0.25, 0.3) is 0 Å². The lowest BCUT2D eigenvalue weighted by Gasteiger charge is -2.18. The summed E-state index contributed by atoms with van der Waals surface area (Å²) in [6, 6.07) is 8.62. The third-order valence-corrected chi connectivity index (χ3v) is 6.03. The second-order valence-corrected chi connectivity index (χ2v) is 7.37. The summed E-state index contributed by atoms with van der Waals surface area (Å²) in [5, 5.41) is 3.29. The summed E-state index contributed by atoms with van der Waals surface area (Å²) < 4.78 is 0. The van der Waals surface area contributed by atoms with Gasteiger partial charge in [0.05, 0.1) is 6.04 Å². The number of nitrogens with one attached hydrogen (secondary N) is 1. The first-order valence-corrected chi connectivity index (χ1v) is 8.19. The molecule has 1 aromatic carbocycles. The van der Waals surface area contributed by atoms with Crippen LogP contribution in [-0.2, 0) is 11.2 Å². The highest BCUT2D eigenvalue weighted by Gasteiger charge is 2.56. The van der Waals surface area contributed by atoms with Crippen LogP contribution in [0.15, 0.2) is 24.3 Å². The summed E-state index contributed by atoms with van der Waals surface area (Å²) >= 11 is 3.73. The normalized spacial score (nSPS) is 38.7. The van der Waals surface area contributed by atoms with Crippen LogP contribution in [0.3, 0.4) is 0 Å². The minimum Gasteiger partial charge on any atom is -0.348 e. The van der Waals surface area contributed by atoms with Gasteiger partial charge < -0.3 is 5.32 Å². The van der Waals surface area contributed by atoms with E-state index in [4.69, 9.17) is 0 Å². The molecule has 3 aliphatic rings. The van der Waals surface area contributed by atoms with Gasteiger partial charge in [0.1, 0.15) is 0 Å². The standard InChI is InChI=1S/C16H18BrNO/c17-13-8-9-4-1-2-5-10(9)15(13)18-16(19)14-11-6-3-7-12(11)14/h1-2,4-5,11-15H,3,6-8H2,(H,18,19). The third-order valence-electron chi connectivity index (χ3n) is 5.17. The van der Waals surface area contributed by atoms with Crippen molar-refractivity contribution in [2.75, 3.05) is 0 Å². The zero-order valence-electron chi connectivity index (χ0n) is 10.8. The highest BCUT2D eigenvalue weighted by molar-refractivity contribution is 9.09. The first-order valence-electron chi connectivity index (χ1n) is 7.28. The van der Waals surface area contributed by atoms with E-state index in [0.717, 1.165) is 6.42 Å². The maximum absolute atomic E-state index is 12.4. The molecule has 3 heteroatoms. The lowest BCUT2D eigenvalue weighted by molar-refractivity contribution is -0.123. The summed E-state index contributed by atoms with van der Waals surface area (Å²) in [4.78, 5) is 12.7. The van der Waals surface area contributed by atoms with Gasteiger partial charge in [0.25, 0.3) is 0 Å². The maximum Gasteiger partial charge on any atom is 0.224 e. The van der Waals surface area contributed by atoms with Crippen molar-refractivity contribution in [1.29, 1.82) is 0 Å². The molecule has 1 amide bonds. The molecule has 0 aliphatic heterocycles. The predicted molar refractivity (Wildman–Crippen MR) is 78.1 cm³/mol. The summed E-state index contributed by atoms with van der Waals surface area (Å²) in [6.07, 6.45) is 4.87. The van der Waals surface area contributed by atoms with E-state index in [1.807, 2.05) is 0 Å². The molecular weight excluding hydrogens is 302 g/mol. The van der Waals surface area contributed by atoms with Crippen molar-refractivity contribution in [3.63, 3.8) is 0 Å². The maximum atomic E-state index is 12.4. The molecule has 3 aliphatic carbocycles. The number of hydrogen-bond acceptors (Lipinski definition) is 1. The number of benzene rings is 1. The van der Waals surface area contributed by atoms with Crippen molar-refractivity contribution in [3.05, 3.63) is 35.4 Å². The molecule has 1 aromatic rings. The summed E-state index contributed by atoms with van der Waals surface area (Å²) in [5.41, 5.74) is 2.66. The Labute approximate surface area is 122 Å². The average Bonchev–Trinajstić information content (AvgIpc) is 2.76. The van der Waals surface area contributed by atoms with Gasteiger partial charge in [-0.15, -0.1) is 0 Å². The number of rotatable bonds is 2. The average molecular weight is 320 g/mol. The highest BCUT2D eigenvalue weighted by atomic mass is 79.9. The molecule has 0 spiro atoms. The Morgan fingerprint density at radius 3 is 2.74 bits per heavy atom. The number of fused-ring (bicyclic) bond motifs is 2. The zero-order valence-corrected chi connectivity index (χ0v) is 12.4. The molecule has 19 heavy (non-hydrogen) atoms. The smallest absolute Gasteiger partial charge is 0.224 e. The first-order chi connectivity index (χ1) is 9.25. The van der Waals surface area contributed by atoms with Gasteiger partial charge >= 0.3 is 0 Å². The van der Waals surface area contributed by atoms with Gasteiger partial charge in [-0.25, -0.2) is 0 Å². The fourth-order valence-corrected chi connectivity index (χ4v) is 4.94. The van der Waals surface area contributed by atoms with Crippen LogP contribution < -0.4 is 5.32 Å². The van der Waals surface area contributed by atoms with Crippen molar-refractivity contribution < 1.29 is 4.79 Å². The number of halogens is 1. The van der Waals surface area contributed by atoms with E-state index in [1.165, 1.54) is 30.4 Å². The third kappa shape index (κ3) is 1.85. The van der Waals surface area contributed by atoms with Gasteiger partial charge in [-0.1, -0.05) is 46.6 Å². The second-order valence-electron chi connectivity index (χ2n) is 6.19. The van der Waals surface area contributed by atoms with Crippen molar-refractivity contribution in [2.45, 2.75) is 36.6 Å². The molecule has 100 valence electrons. The van der Waals surface area contributed by atoms with Crippen LogP contribution in [0, 0.1) is 17.8 Å². The van der Waals surface area contributed by atoms with Crippen molar-refractivity contribution in [1.82, 2.24) is 5.32 Å². The molecule has 0 heterocycles. The van der Waals surface area contributed by atoms with Crippen LogP contribution in [0.4, 0.5) is 0 Å². The summed E-state index contributed by atoms with van der Waals surface area (Å²) in [7, 11) is 0. The summed E-state index contributed by atoms with van der Waals surface area (Å²) in [6.45, 7) is 0. The van der Waals surface area contributed by atoms with Crippen LogP contribution >= 0.6 is 15.9 Å². The quantitative estimate of drug-likeness (QED) is 0.833. The topological polar surface area (TPSA) is 29.1 Å². The molecule has 4 rings (SSSR count). The molecule has 0 bridgehead atoms. The van der Waals surface area contributed by atoms with Gasteiger partial charge in [-0.05, 0) is 42.2 Å². The van der Waals surface area contributed by atoms with Gasteiger partial charge in [0.2, 0.25) is 5.91 Å². The number of carbonyl (C=O) groups excluding carboxylic acids is 1. The number of hydrogen-bond donors (Lipinski definition) is 1. The minimum absolute atomic E-state index is 0.157. The molecule has 0 aromatic heterocycles. The molecule has 2 saturated carbocycles. The van der Waals surface area contributed by atoms with Gasteiger partial charge in [-0.2, -0.15) is 0 Å². The van der Waals surface area contributed by atoms with Crippen LogP contribution in [0.2, 0.25) is 0 Å². The SMILES string of the molecule is O=C(NC1c2ccccc2CC1Br)C1C2CCCC21. The number of alkyl halides is 1. The fourth-order valence-electron chi connectivity index (χ4n) is 4.17. The molecule has 0 radical (unpaired) electrons. The van der Waals surface area contributed by atoms with E-state index in [9.17, 15) is 4.79 Å².